The lowest BCUT2D eigenvalue weighted by Crippen LogP contribution is -2.33. The standard InChI is InChI=1S/C15H23N3/c1-11(16)15(12-7-3-2-4-8-12)13-9-5-6-10-14(17)18-13/h2-4,7-8,11,13,15H,5-6,9-10,16H2,1H3,(H2,17,18). The molecule has 0 aromatic heterocycles. The van der Waals surface area contributed by atoms with Crippen LogP contribution in [0.15, 0.2) is 35.3 Å². The quantitative estimate of drug-likeness (QED) is 0.859. The van der Waals surface area contributed by atoms with Gasteiger partial charge in [-0.15, -0.1) is 0 Å². The first-order valence-corrected chi connectivity index (χ1v) is 6.81. The van der Waals surface area contributed by atoms with E-state index in [2.05, 4.69) is 36.2 Å². The van der Waals surface area contributed by atoms with Crippen LogP contribution in [0.3, 0.4) is 0 Å². The molecule has 0 bridgehead atoms. The zero-order chi connectivity index (χ0) is 13.0. The maximum atomic E-state index is 6.19. The highest BCUT2D eigenvalue weighted by molar-refractivity contribution is 5.80. The summed E-state index contributed by atoms with van der Waals surface area (Å²) in [6.07, 6.45) is 4.34. The van der Waals surface area contributed by atoms with Gasteiger partial charge in [-0.1, -0.05) is 36.8 Å². The monoisotopic (exact) mass is 245 g/mol. The first kappa shape index (κ1) is 13.1. The molecule has 3 heteroatoms. The number of hydrogen-bond acceptors (Lipinski definition) is 3. The van der Waals surface area contributed by atoms with Crippen LogP contribution in [0, 0.1) is 0 Å². The van der Waals surface area contributed by atoms with E-state index in [9.17, 15) is 0 Å². The van der Waals surface area contributed by atoms with E-state index in [4.69, 9.17) is 11.5 Å². The molecule has 18 heavy (non-hydrogen) atoms. The molecule has 3 atom stereocenters. The number of hydrogen-bond donors (Lipinski definition) is 2. The van der Waals surface area contributed by atoms with Gasteiger partial charge in [-0.3, -0.25) is 4.99 Å². The zero-order valence-corrected chi connectivity index (χ0v) is 11.0. The van der Waals surface area contributed by atoms with Crippen molar-refractivity contribution in [3.05, 3.63) is 35.9 Å². The Morgan fingerprint density at radius 1 is 1.22 bits per heavy atom. The molecule has 0 radical (unpaired) electrons. The van der Waals surface area contributed by atoms with Crippen LogP contribution in [0.2, 0.25) is 0 Å². The average molecular weight is 245 g/mol. The van der Waals surface area contributed by atoms with Crippen LogP contribution >= 0.6 is 0 Å². The number of amidine groups is 1. The van der Waals surface area contributed by atoms with E-state index in [1.54, 1.807) is 0 Å². The van der Waals surface area contributed by atoms with E-state index >= 15 is 0 Å². The van der Waals surface area contributed by atoms with E-state index in [0.29, 0.717) is 0 Å². The summed E-state index contributed by atoms with van der Waals surface area (Å²) in [5, 5.41) is 0. The van der Waals surface area contributed by atoms with Crippen molar-refractivity contribution in [2.75, 3.05) is 0 Å². The molecule has 1 heterocycles. The Kier molecular flexibility index (Phi) is 4.37. The normalized spacial score (nSPS) is 23.9. The molecule has 1 aromatic carbocycles. The second kappa shape index (κ2) is 6.01. The second-order valence-electron chi connectivity index (χ2n) is 5.23. The lowest BCUT2D eigenvalue weighted by Gasteiger charge is -2.27. The molecule has 3 nitrogen and oxygen atoms in total. The van der Waals surface area contributed by atoms with Crippen molar-refractivity contribution >= 4 is 5.84 Å². The van der Waals surface area contributed by atoms with Crippen molar-refractivity contribution in [1.29, 1.82) is 0 Å². The Labute approximate surface area is 109 Å². The lowest BCUT2D eigenvalue weighted by molar-refractivity contribution is 0.441. The minimum Gasteiger partial charge on any atom is -0.387 e. The highest BCUT2D eigenvalue weighted by atomic mass is 14.9. The number of benzene rings is 1. The SMILES string of the molecule is CC(N)C(c1ccccc1)C1CCCCC(N)=N1. The van der Waals surface area contributed by atoms with E-state index in [0.717, 1.165) is 25.1 Å². The third-order valence-electron chi connectivity index (χ3n) is 3.68. The fourth-order valence-corrected chi connectivity index (χ4v) is 2.81. The van der Waals surface area contributed by atoms with Crippen molar-refractivity contribution in [2.24, 2.45) is 16.5 Å². The van der Waals surface area contributed by atoms with Crippen molar-refractivity contribution in [1.82, 2.24) is 0 Å². The molecule has 0 amide bonds. The average Bonchev–Trinajstić information content (AvgIpc) is 2.55. The molecule has 1 aliphatic rings. The minimum atomic E-state index is 0.0899. The molecule has 98 valence electrons. The van der Waals surface area contributed by atoms with Crippen LogP contribution in [-0.4, -0.2) is 17.9 Å². The third-order valence-corrected chi connectivity index (χ3v) is 3.68. The van der Waals surface area contributed by atoms with E-state index < -0.39 is 0 Å². The fraction of sp³-hybridized carbons (Fsp3) is 0.533. The van der Waals surface area contributed by atoms with Crippen molar-refractivity contribution in [2.45, 2.75) is 50.6 Å². The van der Waals surface area contributed by atoms with Crippen LogP contribution in [0.25, 0.3) is 0 Å². The summed E-state index contributed by atoms with van der Waals surface area (Å²) in [4.78, 5) is 4.69. The molecule has 3 unspecified atom stereocenters. The van der Waals surface area contributed by atoms with Gasteiger partial charge in [0, 0.05) is 18.4 Å². The van der Waals surface area contributed by atoms with Gasteiger partial charge in [-0.2, -0.15) is 0 Å². The fourth-order valence-electron chi connectivity index (χ4n) is 2.81. The van der Waals surface area contributed by atoms with Gasteiger partial charge in [0.15, 0.2) is 0 Å². The van der Waals surface area contributed by atoms with Crippen molar-refractivity contribution < 1.29 is 0 Å². The Bertz CT molecular complexity index is 397. The summed E-state index contributed by atoms with van der Waals surface area (Å²) in [5.41, 5.74) is 13.4. The smallest absolute Gasteiger partial charge is 0.0940 e. The second-order valence-corrected chi connectivity index (χ2v) is 5.23. The number of nitrogens with zero attached hydrogens (tertiary/aromatic N) is 1. The van der Waals surface area contributed by atoms with Crippen LogP contribution in [-0.2, 0) is 0 Å². The summed E-state index contributed by atoms with van der Waals surface area (Å²) < 4.78 is 0. The summed E-state index contributed by atoms with van der Waals surface area (Å²) in [6, 6.07) is 10.8. The van der Waals surface area contributed by atoms with E-state index in [-0.39, 0.29) is 18.0 Å². The Morgan fingerprint density at radius 2 is 1.94 bits per heavy atom. The largest absolute Gasteiger partial charge is 0.387 e. The number of aliphatic imine (C=N–C) groups is 1. The van der Waals surface area contributed by atoms with Crippen LogP contribution in [0.1, 0.15) is 44.1 Å². The summed E-state index contributed by atoms with van der Waals surface area (Å²) in [6.45, 7) is 2.06. The van der Waals surface area contributed by atoms with Gasteiger partial charge >= 0.3 is 0 Å². The highest BCUT2D eigenvalue weighted by Crippen LogP contribution is 2.29. The van der Waals surface area contributed by atoms with Gasteiger partial charge in [0.2, 0.25) is 0 Å². The number of nitrogens with two attached hydrogens (primary N) is 2. The first-order chi connectivity index (χ1) is 8.68. The maximum absolute atomic E-state index is 6.19. The minimum absolute atomic E-state index is 0.0899. The van der Waals surface area contributed by atoms with E-state index in [1.165, 1.54) is 12.0 Å². The maximum Gasteiger partial charge on any atom is 0.0940 e. The Balaban J connectivity index is 2.27. The molecule has 0 saturated heterocycles. The van der Waals surface area contributed by atoms with Crippen LogP contribution in [0.4, 0.5) is 0 Å². The van der Waals surface area contributed by atoms with Crippen LogP contribution < -0.4 is 11.5 Å². The zero-order valence-electron chi connectivity index (χ0n) is 11.0. The Hall–Kier alpha value is -1.35. The molecular formula is C15H23N3. The van der Waals surface area contributed by atoms with E-state index in [1.807, 2.05) is 6.07 Å². The molecule has 0 spiro atoms. The molecule has 1 aliphatic heterocycles. The first-order valence-electron chi connectivity index (χ1n) is 6.81. The van der Waals surface area contributed by atoms with Gasteiger partial charge in [-0.25, -0.2) is 0 Å². The number of rotatable bonds is 3. The molecule has 0 aliphatic carbocycles. The van der Waals surface area contributed by atoms with Crippen LogP contribution in [0.5, 0.6) is 0 Å². The molecule has 4 N–H and O–H groups in total. The molecule has 0 fully saturated rings. The molecule has 2 rings (SSSR count). The van der Waals surface area contributed by atoms with Gasteiger partial charge in [0.25, 0.3) is 0 Å². The molecule has 1 aromatic rings. The Morgan fingerprint density at radius 3 is 2.61 bits per heavy atom. The van der Waals surface area contributed by atoms with Gasteiger partial charge < -0.3 is 11.5 Å². The summed E-state index contributed by atoms with van der Waals surface area (Å²) in [5.74, 6) is 1.06. The highest BCUT2D eigenvalue weighted by Gasteiger charge is 2.27. The van der Waals surface area contributed by atoms with Gasteiger partial charge in [0.05, 0.1) is 11.9 Å². The van der Waals surface area contributed by atoms with Crippen molar-refractivity contribution in [3.8, 4) is 0 Å². The summed E-state index contributed by atoms with van der Waals surface area (Å²) in [7, 11) is 0. The predicted molar refractivity (Wildman–Crippen MR) is 76.7 cm³/mol. The predicted octanol–water partition coefficient (Wildman–Crippen LogP) is 2.42. The van der Waals surface area contributed by atoms with Gasteiger partial charge in [0.1, 0.15) is 0 Å². The molecule has 0 saturated carbocycles. The topological polar surface area (TPSA) is 64.4 Å². The van der Waals surface area contributed by atoms with Crippen molar-refractivity contribution in [3.63, 3.8) is 0 Å². The lowest BCUT2D eigenvalue weighted by atomic mass is 9.84. The third kappa shape index (κ3) is 3.10. The summed E-state index contributed by atoms with van der Waals surface area (Å²) >= 11 is 0. The van der Waals surface area contributed by atoms with Gasteiger partial charge in [-0.05, 0) is 25.3 Å². The molecular weight excluding hydrogens is 222 g/mol.